The van der Waals surface area contributed by atoms with Gasteiger partial charge in [-0.25, -0.2) is 4.79 Å². The number of carbonyl (C=O) groups is 1. The molecule has 3 N–H and O–H groups in total. The molecule has 0 spiro atoms. The summed E-state index contributed by atoms with van der Waals surface area (Å²) in [5, 5.41) is 0. The first-order valence-corrected chi connectivity index (χ1v) is 11.0. The minimum Gasteiger partial charge on any atom is -0.383 e. The zero-order valence-corrected chi connectivity index (χ0v) is 19.6. The van der Waals surface area contributed by atoms with E-state index in [1.807, 2.05) is 51.8 Å². The number of H-pyrrole nitrogens is 1. The molecule has 30 heavy (non-hydrogen) atoms. The van der Waals surface area contributed by atoms with Gasteiger partial charge in [-0.05, 0) is 31.0 Å². The molecule has 1 amide bonds. The van der Waals surface area contributed by atoms with Crippen LogP contribution >= 0.6 is 22.9 Å². The largest absolute Gasteiger partial charge is 0.383 e. The van der Waals surface area contributed by atoms with Gasteiger partial charge in [0.25, 0.3) is 5.56 Å². The minimum absolute atomic E-state index is 0.0131. The topological polar surface area (TPSA) is 104 Å². The molecule has 0 atom stereocenters. The molecule has 2 aromatic heterocycles. The van der Waals surface area contributed by atoms with Crippen LogP contribution in [0.2, 0.25) is 4.34 Å². The van der Waals surface area contributed by atoms with Gasteiger partial charge in [0, 0.05) is 24.5 Å². The molecule has 0 aromatic carbocycles. The number of nitrogens with one attached hydrogen (secondary N) is 1. The van der Waals surface area contributed by atoms with E-state index in [0.29, 0.717) is 24.0 Å². The summed E-state index contributed by atoms with van der Waals surface area (Å²) >= 11 is 7.44. The molecule has 0 saturated carbocycles. The van der Waals surface area contributed by atoms with E-state index in [-0.39, 0.29) is 35.8 Å². The highest BCUT2D eigenvalue weighted by atomic mass is 35.5. The van der Waals surface area contributed by atoms with Crippen LogP contribution < -0.4 is 21.9 Å². The minimum atomic E-state index is -0.654. The van der Waals surface area contributed by atoms with E-state index in [1.54, 1.807) is 0 Å². The van der Waals surface area contributed by atoms with Crippen molar-refractivity contribution in [3.63, 3.8) is 0 Å². The number of nitrogen functional groups attached to an aromatic ring is 1. The summed E-state index contributed by atoms with van der Waals surface area (Å²) in [5.74, 6) is -0.0127. The van der Waals surface area contributed by atoms with Gasteiger partial charge in [0.15, 0.2) is 5.69 Å². The number of aromatic nitrogens is 2. The Labute approximate surface area is 185 Å². The lowest BCUT2D eigenvalue weighted by atomic mass is 10.2. The normalized spacial score (nSPS) is 11.6. The first-order valence-electron chi connectivity index (χ1n) is 9.85. The van der Waals surface area contributed by atoms with E-state index in [9.17, 15) is 14.4 Å². The average molecular weight is 456 g/mol. The Kier molecular flexibility index (Phi) is 8.28. The van der Waals surface area contributed by atoms with Crippen molar-refractivity contribution in [3.05, 3.63) is 42.2 Å². The monoisotopic (exact) mass is 455 g/mol. The molecule has 0 aliphatic heterocycles. The number of likely N-dealkylation sites (N-methyl/N-ethyl adjacent to an activating group) is 1. The molecule has 0 unspecified atom stereocenters. The van der Waals surface area contributed by atoms with E-state index in [4.69, 9.17) is 17.3 Å². The van der Waals surface area contributed by atoms with Crippen LogP contribution in [0.3, 0.4) is 0 Å². The molecule has 0 bridgehead atoms. The predicted octanol–water partition coefficient (Wildman–Crippen LogP) is 2.61. The van der Waals surface area contributed by atoms with Crippen LogP contribution in [0.4, 0.5) is 11.5 Å². The number of nitrogens with two attached hydrogens (primary N) is 1. The first-order chi connectivity index (χ1) is 14.0. The van der Waals surface area contributed by atoms with E-state index in [1.165, 1.54) is 20.8 Å². The number of thiophene rings is 1. The quantitative estimate of drug-likeness (QED) is 0.604. The maximum Gasteiger partial charge on any atom is 0.330 e. The van der Waals surface area contributed by atoms with E-state index < -0.39 is 11.2 Å². The number of nitrogens with zero attached hydrogens (tertiary/aromatic N) is 3. The summed E-state index contributed by atoms with van der Waals surface area (Å²) < 4.78 is 2.01. The standard InChI is InChI=1S/C20H30ClN5O3S/c1-12(2)8-25(16(27)11-24(5)10-14-6-7-15(21)30-14)17-18(22)26(9-13(3)4)20(29)23-19(17)28/h6-7,12-13H,8-11,22H2,1-5H3,(H,23,28,29). The summed E-state index contributed by atoms with van der Waals surface area (Å²) in [6.07, 6.45) is 0. The van der Waals surface area contributed by atoms with Gasteiger partial charge < -0.3 is 10.6 Å². The molecular formula is C20H30ClN5O3S. The third-order valence-corrected chi connectivity index (χ3v) is 5.56. The Hall–Kier alpha value is -2.10. The second kappa shape index (κ2) is 10.3. The zero-order chi connectivity index (χ0) is 22.6. The molecule has 8 nitrogen and oxygen atoms in total. The highest BCUT2D eigenvalue weighted by molar-refractivity contribution is 7.16. The second-order valence-electron chi connectivity index (χ2n) is 8.27. The molecule has 0 fully saturated rings. The Morgan fingerprint density at radius 1 is 1.23 bits per heavy atom. The summed E-state index contributed by atoms with van der Waals surface area (Å²) in [4.78, 5) is 44.7. The number of halogens is 1. The summed E-state index contributed by atoms with van der Waals surface area (Å²) in [5.41, 5.74) is 5.03. The molecule has 0 aliphatic rings. The molecule has 2 aromatic rings. The van der Waals surface area contributed by atoms with Gasteiger partial charge in [0.2, 0.25) is 5.91 Å². The highest BCUT2D eigenvalue weighted by Gasteiger charge is 2.26. The Morgan fingerprint density at radius 3 is 2.43 bits per heavy atom. The third-order valence-electron chi connectivity index (χ3n) is 4.34. The fourth-order valence-electron chi connectivity index (χ4n) is 3.14. The predicted molar refractivity (Wildman–Crippen MR) is 123 cm³/mol. The van der Waals surface area contributed by atoms with E-state index >= 15 is 0 Å². The summed E-state index contributed by atoms with van der Waals surface area (Å²) in [6, 6.07) is 3.74. The van der Waals surface area contributed by atoms with Gasteiger partial charge in [-0.3, -0.25) is 24.0 Å². The fourth-order valence-corrected chi connectivity index (χ4v) is 4.31. The number of anilines is 2. The van der Waals surface area contributed by atoms with Crippen molar-refractivity contribution in [2.24, 2.45) is 11.8 Å². The van der Waals surface area contributed by atoms with Crippen molar-refractivity contribution < 1.29 is 4.79 Å². The Bertz CT molecular complexity index is 995. The SMILES string of the molecule is CC(C)CN(C(=O)CN(C)Cc1ccc(Cl)s1)c1c(N)n(CC(C)C)c(=O)[nH]c1=O. The van der Waals surface area contributed by atoms with Crippen LogP contribution in [-0.2, 0) is 17.9 Å². The Balaban J connectivity index is 2.36. The maximum absolute atomic E-state index is 13.2. The van der Waals surface area contributed by atoms with E-state index in [0.717, 1.165) is 4.88 Å². The molecule has 2 rings (SSSR count). The van der Waals surface area contributed by atoms with Crippen LogP contribution in [0.25, 0.3) is 0 Å². The lowest BCUT2D eigenvalue weighted by Crippen LogP contribution is -2.46. The molecule has 166 valence electrons. The smallest absolute Gasteiger partial charge is 0.330 e. The molecule has 0 radical (unpaired) electrons. The summed E-state index contributed by atoms with van der Waals surface area (Å²) in [7, 11) is 1.83. The number of carbonyl (C=O) groups excluding carboxylic acids is 1. The van der Waals surface area contributed by atoms with Crippen molar-refractivity contribution in [2.75, 3.05) is 30.8 Å². The van der Waals surface area contributed by atoms with Crippen LogP contribution in [0, 0.1) is 11.8 Å². The number of hydrogen-bond acceptors (Lipinski definition) is 6. The second-order valence-corrected chi connectivity index (χ2v) is 10.1. The maximum atomic E-state index is 13.2. The molecule has 10 heteroatoms. The molecule has 0 aliphatic carbocycles. The van der Waals surface area contributed by atoms with Crippen LogP contribution in [-0.4, -0.2) is 40.5 Å². The van der Waals surface area contributed by atoms with E-state index in [2.05, 4.69) is 4.98 Å². The number of aromatic amines is 1. The van der Waals surface area contributed by atoms with Crippen molar-refractivity contribution in [1.29, 1.82) is 0 Å². The molecular weight excluding hydrogens is 426 g/mol. The number of rotatable bonds is 9. The van der Waals surface area contributed by atoms with Crippen molar-refractivity contribution in [3.8, 4) is 0 Å². The average Bonchev–Trinajstić information content (AvgIpc) is 3.01. The van der Waals surface area contributed by atoms with Crippen LogP contribution in [0.15, 0.2) is 21.7 Å². The van der Waals surface area contributed by atoms with Gasteiger partial charge >= 0.3 is 5.69 Å². The third kappa shape index (κ3) is 6.20. The van der Waals surface area contributed by atoms with Crippen LogP contribution in [0.5, 0.6) is 0 Å². The zero-order valence-electron chi connectivity index (χ0n) is 18.1. The molecule has 2 heterocycles. The number of amides is 1. The Morgan fingerprint density at radius 2 is 1.90 bits per heavy atom. The van der Waals surface area contributed by atoms with Gasteiger partial charge in [0.1, 0.15) is 5.82 Å². The highest BCUT2D eigenvalue weighted by Crippen LogP contribution is 2.23. The van der Waals surface area contributed by atoms with Gasteiger partial charge in [-0.2, -0.15) is 0 Å². The van der Waals surface area contributed by atoms with Gasteiger partial charge in [-0.15, -0.1) is 11.3 Å². The summed E-state index contributed by atoms with van der Waals surface area (Å²) in [6.45, 7) is 9.08. The lowest BCUT2D eigenvalue weighted by Gasteiger charge is -2.28. The number of hydrogen-bond donors (Lipinski definition) is 2. The van der Waals surface area contributed by atoms with Crippen molar-refractivity contribution in [1.82, 2.24) is 14.5 Å². The van der Waals surface area contributed by atoms with Gasteiger partial charge in [-0.1, -0.05) is 39.3 Å². The van der Waals surface area contributed by atoms with Gasteiger partial charge in [0.05, 0.1) is 10.9 Å². The van der Waals surface area contributed by atoms with Crippen LogP contribution in [0.1, 0.15) is 32.6 Å². The van der Waals surface area contributed by atoms with Crippen molar-refractivity contribution >= 4 is 40.4 Å². The fraction of sp³-hybridized carbons (Fsp3) is 0.550. The molecule has 0 saturated heterocycles. The lowest BCUT2D eigenvalue weighted by molar-refractivity contribution is -0.119. The van der Waals surface area contributed by atoms with Crippen molar-refractivity contribution in [2.45, 2.75) is 40.8 Å². The first kappa shape index (κ1) is 24.2.